The van der Waals surface area contributed by atoms with E-state index in [1.165, 1.54) is 20.2 Å². The molecule has 1 atom stereocenters. The minimum Gasteiger partial charge on any atom is -0.356 e. The van der Waals surface area contributed by atoms with Gasteiger partial charge in [-0.05, 0) is 19.8 Å². The molecule has 2 N–H and O–H groups in total. The first kappa shape index (κ1) is 22.3. The molecule has 1 saturated heterocycles. The fourth-order valence-electron chi connectivity index (χ4n) is 3.47. The third-order valence-corrected chi connectivity index (χ3v) is 5.16. The van der Waals surface area contributed by atoms with E-state index in [2.05, 4.69) is 22.2 Å². The summed E-state index contributed by atoms with van der Waals surface area (Å²) in [6.45, 7) is 3.15. The van der Waals surface area contributed by atoms with Crippen molar-refractivity contribution in [3.8, 4) is 11.8 Å². The van der Waals surface area contributed by atoms with Gasteiger partial charge in [0.1, 0.15) is 18.1 Å². The normalized spacial score (nSPS) is 16.0. The molecular formula is C20H28N8O3. The number of piperidine rings is 1. The number of anilines is 1. The molecule has 3 heterocycles. The Balaban J connectivity index is 1.93. The molecule has 0 saturated carbocycles. The van der Waals surface area contributed by atoms with Gasteiger partial charge in [0.05, 0.1) is 19.3 Å². The second-order valence-electron chi connectivity index (χ2n) is 7.77. The summed E-state index contributed by atoms with van der Waals surface area (Å²) in [6.07, 6.45) is 3.37. The SMILES string of the molecule is CC#CCn1c(N2CCC[C@@H](N)C2)cc(=O)n(Cc2cn(CC(=O)N(C)C)nn2)c1=O. The Morgan fingerprint density at radius 3 is 2.77 bits per heavy atom. The summed E-state index contributed by atoms with van der Waals surface area (Å²) in [5.74, 6) is 6.09. The van der Waals surface area contributed by atoms with Gasteiger partial charge in [-0.15, -0.1) is 11.0 Å². The maximum absolute atomic E-state index is 13.2. The van der Waals surface area contributed by atoms with Crippen LogP contribution in [0.2, 0.25) is 0 Å². The standard InChI is InChI=1S/C20H28N8O3/c1-4-5-9-27-17(25-8-6-7-15(21)11-25)10-18(29)28(20(27)31)13-16-12-26(23-22-16)14-19(30)24(2)3/h10,12,15H,6-9,11,13-14,21H2,1-3H3/t15-/m1/s1. The summed E-state index contributed by atoms with van der Waals surface area (Å²) in [5.41, 5.74) is 5.60. The van der Waals surface area contributed by atoms with Gasteiger partial charge in [-0.25, -0.2) is 9.48 Å². The zero-order chi connectivity index (χ0) is 22.5. The maximum atomic E-state index is 13.2. The van der Waals surface area contributed by atoms with Crippen molar-refractivity contribution in [2.24, 2.45) is 5.73 Å². The number of aromatic nitrogens is 5. The van der Waals surface area contributed by atoms with E-state index in [0.29, 0.717) is 18.1 Å². The highest BCUT2D eigenvalue weighted by molar-refractivity contribution is 5.75. The molecule has 0 aliphatic carbocycles. The first-order chi connectivity index (χ1) is 14.8. The molecule has 1 aliphatic heterocycles. The number of carbonyl (C=O) groups is 1. The molecule has 31 heavy (non-hydrogen) atoms. The zero-order valence-corrected chi connectivity index (χ0v) is 18.1. The molecule has 166 valence electrons. The summed E-state index contributed by atoms with van der Waals surface area (Å²) >= 11 is 0. The van der Waals surface area contributed by atoms with Crippen LogP contribution in [0.4, 0.5) is 5.82 Å². The van der Waals surface area contributed by atoms with Crippen molar-refractivity contribution in [3.63, 3.8) is 0 Å². The third-order valence-electron chi connectivity index (χ3n) is 5.16. The lowest BCUT2D eigenvalue weighted by Crippen LogP contribution is -2.48. The van der Waals surface area contributed by atoms with Crippen LogP contribution in [0, 0.1) is 11.8 Å². The van der Waals surface area contributed by atoms with E-state index in [1.54, 1.807) is 27.2 Å². The summed E-state index contributed by atoms with van der Waals surface area (Å²) in [6, 6.07) is 1.45. The quantitative estimate of drug-likeness (QED) is 0.567. The van der Waals surface area contributed by atoms with Gasteiger partial charge < -0.3 is 15.5 Å². The minimum absolute atomic E-state index is 0.00286. The van der Waals surface area contributed by atoms with Crippen LogP contribution in [0.3, 0.4) is 0 Å². The van der Waals surface area contributed by atoms with Crippen molar-refractivity contribution in [3.05, 3.63) is 38.8 Å². The van der Waals surface area contributed by atoms with Crippen molar-refractivity contribution in [1.29, 1.82) is 0 Å². The average Bonchev–Trinajstić information content (AvgIpc) is 3.17. The van der Waals surface area contributed by atoms with Gasteiger partial charge in [0, 0.05) is 39.3 Å². The van der Waals surface area contributed by atoms with E-state index in [4.69, 9.17) is 5.73 Å². The van der Waals surface area contributed by atoms with E-state index in [0.717, 1.165) is 24.0 Å². The van der Waals surface area contributed by atoms with Crippen molar-refractivity contribution < 1.29 is 4.79 Å². The van der Waals surface area contributed by atoms with Gasteiger partial charge in [-0.3, -0.25) is 18.7 Å². The minimum atomic E-state index is -0.469. The molecule has 2 aromatic heterocycles. The molecule has 2 aromatic rings. The predicted octanol–water partition coefficient (Wildman–Crippen LogP) is -1.31. The summed E-state index contributed by atoms with van der Waals surface area (Å²) in [5, 5.41) is 7.92. The summed E-state index contributed by atoms with van der Waals surface area (Å²) in [7, 11) is 3.30. The van der Waals surface area contributed by atoms with Crippen LogP contribution in [0.5, 0.6) is 0 Å². The van der Waals surface area contributed by atoms with Crippen LogP contribution in [0.1, 0.15) is 25.5 Å². The lowest BCUT2D eigenvalue weighted by Gasteiger charge is -2.33. The van der Waals surface area contributed by atoms with Gasteiger partial charge in [0.2, 0.25) is 5.91 Å². The Morgan fingerprint density at radius 2 is 2.10 bits per heavy atom. The van der Waals surface area contributed by atoms with E-state index in [9.17, 15) is 14.4 Å². The molecule has 1 fully saturated rings. The van der Waals surface area contributed by atoms with E-state index >= 15 is 0 Å². The molecule has 11 heteroatoms. The van der Waals surface area contributed by atoms with Crippen molar-refractivity contribution >= 4 is 11.7 Å². The number of hydrogen-bond donors (Lipinski definition) is 1. The molecule has 11 nitrogen and oxygen atoms in total. The first-order valence-electron chi connectivity index (χ1n) is 10.1. The van der Waals surface area contributed by atoms with Gasteiger partial charge in [-0.1, -0.05) is 11.1 Å². The molecule has 1 amide bonds. The van der Waals surface area contributed by atoms with Gasteiger partial charge in [-0.2, -0.15) is 0 Å². The van der Waals surface area contributed by atoms with Crippen LogP contribution in [-0.2, 0) is 24.4 Å². The molecule has 0 bridgehead atoms. The third kappa shape index (κ3) is 5.21. The van der Waals surface area contributed by atoms with Crippen molar-refractivity contribution in [1.82, 2.24) is 29.0 Å². The second kappa shape index (κ2) is 9.61. The van der Waals surface area contributed by atoms with Crippen molar-refractivity contribution in [2.45, 2.75) is 45.4 Å². The highest BCUT2D eigenvalue weighted by Gasteiger charge is 2.22. The molecule has 3 rings (SSSR count). The summed E-state index contributed by atoms with van der Waals surface area (Å²) in [4.78, 5) is 41.3. The van der Waals surface area contributed by atoms with Gasteiger partial charge in [0.25, 0.3) is 5.56 Å². The number of rotatable bonds is 6. The number of likely N-dealkylation sites (N-methyl/N-ethyl adjacent to an activating group) is 1. The van der Waals surface area contributed by atoms with Crippen LogP contribution < -0.4 is 21.9 Å². The Kier molecular flexibility index (Phi) is 6.91. The largest absolute Gasteiger partial charge is 0.356 e. The maximum Gasteiger partial charge on any atom is 0.333 e. The molecule has 0 aromatic carbocycles. The lowest BCUT2D eigenvalue weighted by atomic mass is 10.1. The first-order valence-corrected chi connectivity index (χ1v) is 10.1. The monoisotopic (exact) mass is 428 g/mol. The Morgan fingerprint density at radius 1 is 1.32 bits per heavy atom. The van der Waals surface area contributed by atoms with Crippen LogP contribution in [0.15, 0.2) is 21.9 Å². The number of carbonyl (C=O) groups excluding carboxylic acids is 1. The average molecular weight is 428 g/mol. The second-order valence-corrected chi connectivity index (χ2v) is 7.77. The van der Waals surface area contributed by atoms with Crippen LogP contribution >= 0.6 is 0 Å². The van der Waals surface area contributed by atoms with E-state index in [1.807, 2.05) is 4.90 Å². The Hall–Kier alpha value is -3.39. The zero-order valence-electron chi connectivity index (χ0n) is 18.1. The molecular weight excluding hydrogens is 400 g/mol. The van der Waals surface area contributed by atoms with Crippen molar-refractivity contribution in [2.75, 3.05) is 32.1 Å². The Labute approximate surface area is 180 Å². The summed E-state index contributed by atoms with van der Waals surface area (Å²) < 4.78 is 3.98. The molecule has 0 radical (unpaired) electrons. The lowest BCUT2D eigenvalue weighted by molar-refractivity contribution is -0.129. The van der Waals surface area contributed by atoms with Crippen LogP contribution in [-0.4, -0.2) is 68.2 Å². The number of nitrogens with two attached hydrogens (primary N) is 1. The molecule has 1 aliphatic rings. The molecule has 0 spiro atoms. The number of amides is 1. The predicted molar refractivity (Wildman–Crippen MR) is 116 cm³/mol. The van der Waals surface area contributed by atoms with E-state index in [-0.39, 0.29) is 31.6 Å². The fraction of sp³-hybridized carbons (Fsp3) is 0.550. The highest BCUT2D eigenvalue weighted by atomic mass is 16.2. The molecule has 0 unspecified atom stereocenters. The number of hydrogen-bond acceptors (Lipinski definition) is 7. The number of nitrogens with zero attached hydrogens (tertiary/aromatic N) is 7. The smallest absolute Gasteiger partial charge is 0.333 e. The van der Waals surface area contributed by atoms with E-state index < -0.39 is 11.2 Å². The Bertz CT molecular complexity index is 1120. The highest BCUT2D eigenvalue weighted by Crippen LogP contribution is 2.17. The van der Waals surface area contributed by atoms with Gasteiger partial charge in [0.15, 0.2) is 0 Å². The topological polar surface area (TPSA) is 124 Å². The fourth-order valence-corrected chi connectivity index (χ4v) is 3.47. The van der Waals surface area contributed by atoms with Crippen LogP contribution in [0.25, 0.3) is 0 Å². The van der Waals surface area contributed by atoms with Gasteiger partial charge >= 0.3 is 5.69 Å².